The highest BCUT2D eigenvalue weighted by atomic mass is 16.5. The fourth-order valence-electron chi connectivity index (χ4n) is 3.26. The van der Waals surface area contributed by atoms with Crippen molar-refractivity contribution in [2.45, 2.75) is 46.1 Å². The van der Waals surface area contributed by atoms with Gasteiger partial charge in [-0.1, -0.05) is 20.8 Å². The summed E-state index contributed by atoms with van der Waals surface area (Å²) in [6.45, 7) is 13.7. The second-order valence-corrected chi connectivity index (χ2v) is 6.78. The Labute approximate surface area is 112 Å². The predicted octanol–water partition coefficient (Wildman–Crippen LogP) is 2.12. The smallest absolute Gasteiger partial charge is 0.0623 e. The van der Waals surface area contributed by atoms with Crippen LogP contribution in [0, 0.1) is 11.3 Å². The number of hydrogen-bond donors (Lipinski definition) is 1. The normalized spacial score (nSPS) is 33.5. The number of nitrogens with zero attached hydrogens (tertiary/aromatic N) is 1. The van der Waals surface area contributed by atoms with Crippen molar-refractivity contribution in [3.63, 3.8) is 0 Å². The van der Waals surface area contributed by atoms with Gasteiger partial charge >= 0.3 is 0 Å². The van der Waals surface area contributed by atoms with Crippen LogP contribution in [-0.4, -0.2) is 50.3 Å². The molecule has 2 unspecified atom stereocenters. The molecule has 0 amide bonds. The minimum atomic E-state index is 0.544. The van der Waals surface area contributed by atoms with Gasteiger partial charge in [-0.3, -0.25) is 0 Å². The van der Waals surface area contributed by atoms with Gasteiger partial charge in [0, 0.05) is 18.5 Å². The van der Waals surface area contributed by atoms with Crippen LogP contribution in [0.15, 0.2) is 0 Å². The Hall–Kier alpha value is -0.120. The molecule has 106 valence electrons. The van der Waals surface area contributed by atoms with Crippen molar-refractivity contribution in [3.8, 4) is 0 Å². The van der Waals surface area contributed by atoms with Crippen LogP contribution in [-0.2, 0) is 4.74 Å². The molecule has 2 aliphatic rings. The zero-order valence-corrected chi connectivity index (χ0v) is 12.4. The predicted molar refractivity (Wildman–Crippen MR) is 75.8 cm³/mol. The van der Waals surface area contributed by atoms with Crippen LogP contribution in [0.3, 0.4) is 0 Å². The van der Waals surface area contributed by atoms with Gasteiger partial charge < -0.3 is 15.0 Å². The maximum absolute atomic E-state index is 5.65. The summed E-state index contributed by atoms with van der Waals surface area (Å²) >= 11 is 0. The lowest BCUT2D eigenvalue weighted by Crippen LogP contribution is -2.42. The number of nitrogens with one attached hydrogen (secondary N) is 1. The highest BCUT2D eigenvalue weighted by molar-refractivity contribution is 4.85. The first kappa shape index (κ1) is 14.3. The molecule has 2 saturated heterocycles. The van der Waals surface area contributed by atoms with Crippen LogP contribution in [0.25, 0.3) is 0 Å². The van der Waals surface area contributed by atoms with Crippen LogP contribution in [0.5, 0.6) is 0 Å². The zero-order valence-electron chi connectivity index (χ0n) is 12.4. The molecule has 0 aromatic heterocycles. The molecule has 2 fully saturated rings. The van der Waals surface area contributed by atoms with Crippen molar-refractivity contribution < 1.29 is 4.74 Å². The molecule has 0 aromatic carbocycles. The lowest BCUT2D eigenvalue weighted by Gasteiger charge is -2.27. The van der Waals surface area contributed by atoms with Gasteiger partial charge in [-0.25, -0.2) is 0 Å². The summed E-state index contributed by atoms with van der Waals surface area (Å²) in [6.07, 6.45) is 4.07. The zero-order chi connectivity index (χ0) is 13.0. The van der Waals surface area contributed by atoms with Crippen molar-refractivity contribution in [2.75, 3.05) is 39.4 Å². The van der Waals surface area contributed by atoms with E-state index >= 15 is 0 Å². The largest absolute Gasteiger partial charge is 0.379 e. The third-order valence-electron chi connectivity index (χ3n) is 4.59. The molecule has 0 aromatic rings. The van der Waals surface area contributed by atoms with E-state index in [4.69, 9.17) is 4.74 Å². The van der Waals surface area contributed by atoms with Crippen LogP contribution in [0.2, 0.25) is 0 Å². The third kappa shape index (κ3) is 3.94. The molecule has 3 nitrogen and oxygen atoms in total. The SMILES string of the molecule is CCNC1COCC1CN1CCCC(C)(C)CC1. The molecule has 0 aliphatic carbocycles. The first-order valence-electron chi connectivity index (χ1n) is 7.64. The van der Waals surface area contributed by atoms with E-state index in [2.05, 4.69) is 31.0 Å². The quantitative estimate of drug-likeness (QED) is 0.832. The Morgan fingerprint density at radius 3 is 2.83 bits per heavy atom. The molecule has 3 heteroatoms. The fraction of sp³-hybridized carbons (Fsp3) is 1.00. The Bertz CT molecular complexity index is 255. The number of rotatable bonds is 4. The van der Waals surface area contributed by atoms with Crippen molar-refractivity contribution in [2.24, 2.45) is 11.3 Å². The van der Waals surface area contributed by atoms with Gasteiger partial charge in [0.15, 0.2) is 0 Å². The van der Waals surface area contributed by atoms with E-state index in [9.17, 15) is 0 Å². The summed E-state index contributed by atoms with van der Waals surface area (Å²) in [4.78, 5) is 2.67. The lowest BCUT2D eigenvalue weighted by molar-refractivity contribution is 0.166. The fourth-order valence-corrected chi connectivity index (χ4v) is 3.26. The van der Waals surface area contributed by atoms with Crippen LogP contribution < -0.4 is 5.32 Å². The van der Waals surface area contributed by atoms with Gasteiger partial charge in [0.1, 0.15) is 0 Å². The van der Waals surface area contributed by atoms with Crippen LogP contribution >= 0.6 is 0 Å². The summed E-state index contributed by atoms with van der Waals surface area (Å²) in [5, 5.41) is 3.56. The molecule has 2 heterocycles. The second kappa shape index (κ2) is 6.36. The average Bonchev–Trinajstić information content (AvgIpc) is 2.66. The summed E-state index contributed by atoms with van der Waals surface area (Å²) in [7, 11) is 0. The monoisotopic (exact) mass is 254 g/mol. The minimum absolute atomic E-state index is 0.544. The lowest BCUT2D eigenvalue weighted by atomic mass is 9.85. The highest BCUT2D eigenvalue weighted by Gasteiger charge is 2.30. The number of likely N-dealkylation sites (N-methyl/N-ethyl adjacent to an activating group) is 1. The number of hydrogen-bond acceptors (Lipinski definition) is 3. The van der Waals surface area contributed by atoms with E-state index in [1.165, 1.54) is 38.9 Å². The summed E-state index contributed by atoms with van der Waals surface area (Å²) in [6, 6.07) is 0.575. The first-order valence-corrected chi connectivity index (χ1v) is 7.64. The number of likely N-dealkylation sites (tertiary alicyclic amines) is 1. The van der Waals surface area contributed by atoms with Gasteiger partial charge in [-0.15, -0.1) is 0 Å². The van der Waals surface area contributed by atoms with E-state index in [0.29, 0.717) is 17.4 Å². The molecule has 0 bridgehead atoms. The average molecular weight is 254 g/mol. The summed E-state index contributed by atoms with van der Waals surface area (Å²) in [5.74, 6) is 0.686. The second-order valence-electron chi connectivity index (χ2n) is 6.78. The Kier molecular flexibility index (Phi) is 5.05. The van der Waals surface area contributed by atoms with E-state index in [1.54, 1.807) is 0 Å². The Morgan fingerprint density at radius 2 is 2.06 bits per heavy atom. The maximum atomic E-state index is 5.65. The molecule has 0 radical (unpaired) electrons. The molecule has 2 rings (SSSR count). The molecule has 2 atom stereocenters. The van der Waals surface area contributed by atoms with E-state index in [0.717, 1.165) is 19.8 Å². The molecule has 2 aliphatic heterocycles. The maximum Gasteiger partial charge on any atom is 0.0623 e. The first-order chi connectivity index (χ1) is 8.61. The van der Waals surface area contributed by atoms with Crippen molar-refractivity contribution in [1.82, 2.24) is 10.2 Å². The molecular formula is C15H30N2O. The highest BCUT2D eigenvalue weighted by Crippen LogP contribution is 2.30. The van der Waals surface area contributed by atoms with E-state index < -0.39 is 0 Å². The third-order valence-corrected chi connectivity index (χ3v) is 4.59. The van der Waals surface area contributed by atoms with Crippen molar-refractivity contribution in [1.29, 1.82) is 0 Å². The summed E-state index contributed by atoms with van der Waals surface area (Å²) in [5.41, 5.74) is 0.544. The Balaban J connectivity index is 1.81. The van der Waals surface area contributed by atoms with Crippen molar-refractivity contribution in [3.05, 3.63) is 0 Å². The van der Waals surface area contributed by atoms with Crippen LogP contribution in [0.4, 0.5) is 0 Å². The molecule has 1 N–H and O–H groups in total. The van der Waals surface area contributed by atoms with Gasteiger partial charge in [-0.05, 0) is 44.3 Å². The van der Waals surface area contributed by atoms with E-state index in [-0.39, 0.29) is 0 Å². The molecular weight excluding hydrogens is 224 g/mol. The van der Waals surface area contributed by atoms with Gasteiger partial charge in [0.2, 0.25) is 0 Å². The molecule has 0 spiro atoms. The van der Waals surface area contributed by atoms with Crippen LogP contribution in [0.1, 0.15) is 40.0 Å². The number of ether oxygens (including phenoxy) is 1. The van der Waals surface area contributed by atoms with Gasteiger partial charge in [-0.2, -0.15) is 0 Å². The molecule has 18 heavy (non-hydrogen) atoms. The standard InChI is InChI=1S/C15H30N2O/c1-4-16-14-12-18-11-13(14)10-17-8-5-6-15(2,3)7-9-17/h13-14,16H,4-12H2,1-3H3. The van der Waals surface area contributed by atoms with Gasteiger partial charge in [0.05, 0.1) is 13.2 Å². The minimum Gasteiger partial charge on any atom is -0.379 e. The van der Waals surface area contributed by atoms with Gasteiger partial charge in [0.25, 0.3) is 0 Å². The summed E-state index contributed by atoms with van der Waals surface area (Å²) < 4.78 is 5.65. The Morgan fingerprint density at radius 1 is 1.22 bits per heavy atom. The molecule has 0 saturated carbocycles. The van der Waals surface area contributed by atoms with Crippen molar-refractivity contribution >= 4 is 0 Å². The van der Waals surface area contributed by atoms with E-state index in [1.807, 2.05) is 0 Å². The topological polar surface area (TPSA) is 24.5 Å².